The molecule has 1 heterocycles. The number of carbonyl (C=O) groups is 3. The maximum Gasteiger partial charge on any atom is 0.343 e. The number of halogens is 1. The first kappa shape index (κ1) is 24.9. The summed E-state index contributed by atoms with van der Waals surface area (Å²) >= 11 is 7.02. The summed E-state index contributed by atoms with van der Waals surface area (Å²) in [5, 5.41) is 18.4. The molecule has 0 aliphatic heterocycles. The second kappa shape index (κ2) is 10.6. The zero-order chi connectivity index (χ0) is 25.8. The first-order valence-corrected chi connectivity index (χ1v) is 11.8. The number of fused-ring (bicyclic) bond motifs is 1. The van der Waals surface area contributed by atoms with Crippen molar-refractivity contribution >= 4 is 57.0 Å². The van der Waals surface area contributed by atoms with Gasteiger partial charge in [0.15, 0.2) is 5.78 Å². The summed E-state index contributed by atoms with van der Waals surface area (Å²) in [6.45, 7) is 0.448. The van der Waals surface area contributed by atoms with Gasteiger partial charge in [0.2, 0.25) is 0 Å². The number of aliphatic carboxylic acids is 2. The van der Waals surface area contributed by atoms with E-state index in [1.165, 1.54) is 12.1 Å². The van der Waals surface area contributed by atoms with E-state index in [4.69, 9.17) is 26.6 Å². The van der Waals surface area contributed by atoms with Gasteiger partial charge in [0.25, 0.3) is 0 Å². The predicted molar refractivity (Wildman–Crippen MR) is 136 cm³/mol. The van der Waals surface area contributed by atoms with Crippen molar-refractivity contribution in [1.82, 2.24) is 4.57 Å². The molecule has 2 N–H and O–H groups in total. The summed E-state index contributed by atoms with van der Waals surface area (Å²) in [7, 11) is 0. The number of carboxylic acid groups (broad SMARTS) is 2. The van der Waals surface area contributed by atoms with Crippen LogP contribution in [-0.4, -0.2) is 39.1 Å². The van der Waals surface area contributed by atoms with Crippen LogP contribution in [0.3, 0.4) is 0 Å². The third-order valence-electron chi connectivity index (χ3n) is 5.25. The molecule has 0 saturated carbocycles. The van der Waals surface area contributed by atoms with Gasteiger partial charge >= 0.3 is 16.8 Å². The maximum absolute atomic E-state index is 12.8. The Morgan fingerprint density at radius 3 is 2.31 bits per heavy atom. The van der Waals surface area contributed by atoms with Gasteiger partial charge in [-0.2, -0.15) is 0 Å². The van der Waals surface area contributed by atoms with E-state index < -0.39 is 17.5 Å². The lowest BCUT2D eigenvalue weighted by Crippen LogP contribution is -2.17. The highest BCUT2D eigenvalue weighted by molar-refractivity contribution is 7.16. The monoisotopic (exact) mass is 523 g/mol. The van der Waals surface area contributed by atoms with Gasteiger partial charge in [-0.15, -0.1) is 0 Å². The molecule has 8 nitrogen and oxygen atoms in total. The zero-order valence-corrected chi connectivity index (χ0v) is 20.1. The summed E-state index contributed by atoms with van der Waals surface area (Å²) in [6, 6.07) is 18.0. The van der Waals surface area contributed by atoms with E-state index >= 15 is 0 Å². The van der Waals surface area contributed by atoms with Crippen molar-refractivity contribution in [3.8, 4) is 5.75 Å². The van der Waals surface area contributed by atoms with Crippen molar-refractivity contribution in [2.75, 3.05) is 6.61 Å². The minimum Gasteiger partial charge on any atom is -0.492 e. The first-order valence-electron chi connectivity index (χ1n) is 10.6. The van der Waals surface area contributed by atoms with Crippen LogP contribution in [0, 0.1) is 0 Å². The number of hydrogen-bond donors (Lipinski definition) is 2. The quantitative estimate of drug-likeness (QED) is 0.142. The lowest BCUT2D eigenvalue weighted by Gasteiger charge is -2.08. The molecule has 1 aromatic heterocycles. The number of nitrogens with zero attached hydrogens (tertiary/aromatic N) is 1. The van der Waals surface area contributed by atoms with Gasteiger partial charge in [-0.1, -0.05) is 47.2 Å². The molecule has 36 heavy (non-hydrogen) atoms. The molecule has 3 aromatic carbocycles. The van der Waals surface area contributed by atoms with Crippen LogP contribution < -0.4 is 9.61 Å². The smallest absolute Gasteiger partial charge is 0.343 e. The van der Waals surface area contributed by atoms with Gasteiger partial charge < -0.3 is 14.9 Å². The Morgan fingerprint density at radius 1 is 0.944 bits per heavy atom. The summed E-state index contributed by atoms with van der Waals surface area (Å²) in [5.41, 5.74) is 1.25. The molecular formula is C26H18ClNO7S. The lowest BCUT2D eigenvalue weighted by atomic mass is 10.0. The summed E-state index contributed by atoms with van der Waals surface area (Å²) < 4.78 is 7.94. The van der Waals surface area contributed by atoms with E-state index in [9.17, 15) is 19.2 Å². The van der Waals surface area contributed by atoms with Crippen molar-refractivity contribution in [1.29, 1.82) is 0 Å². The number of carbonyl (C=O) groups excluding carboxylic acids is 1. The Labute approximate surface area is 213 Å². The van der Waals surface area contributed by atoms with E-state index in [-0.39, 0.29) is 23.8 Å². The van der Waals surface area contributed by atoms with Crippen LogP contribution in [0.15, 0.2) is 77.1 Å². The molecule has 182 valence electrons. The van der Waals surface area contributed by atoms with E-state index in [1.54, 1.807) is 59.2 Å². The van der Waals surface area contributed by atoms with Crippen LogP contribution in [-0.2, 0) is 16.1 Å². The number of benzene rings is 3. The minimum absolute atomic E-state index is 0.180. The van der Waals surface area contributed by atoms with Gasteiger partial charge in [0.1, 0.15) is 17.9 Å². The standard InChI is InChI=1S/C26H18ClNO7S/c27-18-3-1-2-16(13-18)23(29)17-6-9-21-22(14-17)36-26(34)28(21)10-11-35-19-7-4-15(5-8-19)12-20(24(30)31)25(32)33/h1-9,12-14H,10-11H2,(H,30,31)(H,32,33). The molecule has 0 amide bonds. The molecule has 0 atom stereocenters. The second-order valence-corrected chi connectivity index (χ2v) is 9.06. The van der Waals surface area contributed by atoms with Gasteiger partial charge in [-0.05, 0) is 54.1 Å². The highest BCUT2D eigenvalue weighted by atomic mass is 35.5. The van der Waals surface area contributed by atoms with E-state index in [2.05, 4.69) is 0 Å². The van der Waals surface area contributed by atoms with E-state index in [1.807, 2.05) is 0 Å². The molecule has 0 unspecified atom stereocenters. The third kappa shape index (κ3) is 5.54. The largest absolute Gasteiger partial charge is 0.492 e. The first-order chi connectivity index (χ1) is 17.2. The molecule has 0 bridgehead atoms. The predicted octanol–water partition coefficient (Wildman–Crippen LogP) is 4.58. The number of aromatic nitrogens is 1. The average molecular weight is 524 g/mol. The van der Waals surface area contributed by atoms with Gasteiger partial charge in [-0.3, -0.25) is 14.2 Å². The fourth-order valence-corrected chi connectivity index (χ4v) is 4.66. The number of hydrogen-bond acceptors (Lipinski definition) is 6. The SMILES string of the molecule is O=C(O)C(=Cc1ccc(OCCn2c(=O)sc3cc(C(=O)c4cccc(Cl)c4)ccc32)cc1)C(=O)O. The van der Waals surface area contributed by atoms with Gasteiger partial charge in [0.05, 0.1) is 16.8 Å². The minimum atomic E-state index is -1.53. The number of ether oxygens (including phenoxy) is 1. The number of thiazole rings is 1. The Balaban J connectivity index is 1.45. The third-order valence-corrected chi connectivity index (χ3v) is 6.43. The van der Waals surface area contributed by atoms with Crippen LogP contribution in [0.5, 0.6) is 5.75 Å². The molecule has 0 fully saturated rings. The van der Waals surface area contributed by atoms with Gasteiger partial charge in [-0.25, -0.2) is 9.59 Å². The Morgan fingerprint density at radius 2 is 1.64 bits per heavy atom. The highest BCUT2D eigenvalue weighted by Crippen LogP contribution is 2.22. The summed E-state index contributed by atoms with van der Waals surface area (Å²) in [6.07, 6.45) is 1.05. The second-order valence-electron chi connectivity index (χ2n) is 7.63. The molecule has 0 radical (unpaired) electrons. The van der Waals surface area contributed by atoms with Crippen LogP contribution in [0.2, 0.25) is 5.02 Å². The molecule has 10 heteroatoms. The maximum atomic E-state index is 12.8. The molecule has 0 spiro atoms. The molecule has 0 aliphatic carbocycles. The molecule has 0 aliphatic rings. The molecular weight excluding hydrogens is 506 g/mol. The van der Waals surface area contributed by atoms with Crippen molar-refractivity contribution in [2.45, 2.75) is 6.54 Å². The molecule has 4 aromatic rings. The number of rotatable bonds is 9. The summed E-state index contributed by atoms with van der Waals surface area (Å²) in [5.74, 6) is -2.77. The topological polar surface area (TPSA) is 123 Å². The van der Waals surface area contributed by atoms with E-state index in [0.29, 0.717) is 37.7 Å². The van der Waals surface area contributed by atoms with Crippen LogP contribution in [0.1, 0.15) is 21.5 Å². The van der Waals surface area contributed by atoms with Gasteiger partial charge in [0, 0.05) is 16.1 Å². The van der Waals surface area contributed by atoms with Crippen molar-refractivity contribution < 1.29 is 29.3 Å². The average Bonchev–Trinajstić information content (AvgIpc) is 3.16. The Kier molecular flexibility index (Phi) is 7.33. The lowest BCUT2D eigenvalue weighted by molar-refractivity contribution is -0.140. The van der Waals surface area contributed by atoms with Crippen molar-refractivity contribution in [3.63, 3.8) is 0 Å². The normalized spacial score (nSPS) is 10.7. The number of carboxylic acids is 2. The van der Waals surface area contributed by atoms with E-state index in [0.717, 1.165) is 17.4 Å². The number of ketones is 1. The van der Waals surface area contributed by atoms with Crippen molar-refractivity contribution in [3.05, 3.63) is 104 Å². The Hall–Kier alpha value is -4.21. The van der Waals surface area contributed by atoms with Crippen LogP contribution in [0.25, 0.3) is 16.3 Å². The van der Waals surface area contributed by atoms with Crippen molar-refractivity contribution in [2.24, 2.45) is 0 Å². The zero-order valence-electron chi connectivity index (χ0n) is 18.5. The molecule has 0 saturated heterocycles. The fraction of sp³-hybridized carbons (Fsp3) is 0.0769. The Bertz CT molecular complexity index is 1550. The fourth-order valence-electron chi connectivity index (χ4n) is 3.51. The highest BCUT2D eigenvalue weighted by Gasteiger charge is 2.16. The summed E-state index contributed by atoms with van der Waals surface area (Å²) in [4.78, 5) is 47.2. The van der Waals surface area contributed by atoms with Crippen LogP contribution in [0.4, 0.5) is 0 Å². The van der Waals surface area contributed by atoms with Crippen LogP contribution >= 0.6 is 22.9 Å². The molecule has 4 rings (SSSR count).